The molecule has 19 heavy (non-hydrogen) atoms. The van der Waals surface area contributed by atoms with Crippen LogP contribution in [0.4, 0.5) is 25.0 Å². The molecule has 1 amide bonds. The summed E-state index contributed by atoms with van der Waals surface area (Å²) < 4.78 is 27.5. The first-order chi connectivity index (χ1) is 9.01. The molecule has 0 unspecified atom stereocenters. The van der Waals surface area contributed by atoms with Gasteiger partial charge in [-0.1, -0.05) is 0 Å². The Labute approximate surface area is 107 Å². The predicted molar refractivity (Wildman–Crippen MR) is 63.6 cm³/mol. The van der Waals surface area contributed by atoms with Gasteiger partial charge in [-0.05, 0) is 12.1 Å². The molecular weight excluding hydrogens is 260 g/mol. The number of hydroxylamine groups is 1. The first-order valence-corrected chi connectivity index (χ1v) is 5.26. The molecule has 1 aromatic carbocycles. The van der Waals surface area contributed by atoms with E-state index in [2.05, 4.69) is 10.3 Å². The Hall–Kier alpha value is -2.35. The quantitative estimate of drug-likeness (QED) is 0.729. The summed E-state index contributed by atoms with van der Waals surface area (Å²) in [6.45, 7) is 0.271. The van der Waals surface area contributed by atoms with E-state index in [1.54, 1.807) is 0 Å². The van der Waals surface area contributed by atoms with E-state index in [0.29, 0.717) is 5.70 Å². The van der Waals surface area contributed by atoms with Crippen molar-refractivity contribution in [2.75, 3.05) is 23.9 Å². The number of hydrogen-bond donors (Lipinski definition) is 3. The lowest BCUT2D eigenvalue weighted by Gasteiger charge is -2.31. The normalized spacial score (nSPS) is 13.6. The number of rotatable bonds is 4. The number of carbonyl (C=O) groups is 1. The molecule has 3 N–H and O–H groups in total. The van der Waals surface area contributed by atoms with E-state index in [0.717, 1.165) is 12.1 Å². The monoisotopic (exact) mass is 271 g/mol. The summed E-state index contributed by atoms with van der Waals surface area (Å²) in [6, 6.07) is 1.84. The van der Waals surface area contributed by atoms with E-state index >= 15 is 0 Å². The maximum absolute atomic E-state index is 13.8. The Kier molecular flexibility index (Phi) is 3.52. The molecule has 1 heterocycles. The summed E-state index contributed by atoms with van der Waals surface area (Å²) in [5.74, 6) is -1.70. The van der Waals surface area contributed by atoms with Crippen molar-refractivity contribution in [1.82, 2.24) is 5.48 Å². The van der Waals surface area contributed by atoms with Crippen LogP contribution in [0.2, 0.25) is 0 Å². The number of nitrogens with one attached hydrogen (secondary N) is 2. The summed E-state index contributed by atoms with van der Waals surface area (Å²) >= 11 is 0. The lowest BCUT2D eigenvalue weighted by molar-refractivity contribution is 0.114. The maximum atomic E-state index is 13.8. The average molecular weight is 271 g/mol. The number of anilines is 2. The van der Waals surface area contributed by atoms with Crippen LogP contribution >= 0.6 is 0 Å². The summed E-state index contributed by atoms with van der Waals surface area (Å²) in [6.07, 6.45) is 0.0944. The summed E-state index contributed by atoms with van der Waals surface area (Å²) in [5, 5.41) is 10.4. The molecule has 1 aromatic rings. The SMILES string of the molecule is CONC1=CN(c2c(F)cc(NC(=O)O)cc2F)C1. The minimum absolute atomic E-state index is 0.161. The van der Waals surface area contributed by atoms with Gasteiger partial charge in [-0.3, -0.25) is 15.6 Å². The van der Waals surface area contributed by atoms with E-state index in [-0.39, 0.29) is 17.9 Å². The lowest BCUT2D eigenvalue weighted by atomic mass is 10.2. The molecule has 6 nitrogen and oxygen atoms in total. The number of nitrogens with zero attached hydrogens (tertiary/aromatic N) is 1. The summed E-state index contributed by atoms with van der Waals surface area (Å²) in [5.41, 5.74) is 2.82. The van der Waals surface area contributed by atoms with Crippen LogP contribution in [0.25, 0.3) is 0 Å². The standard InChI is InChI=1S/C11H11F2N3O3/c1-19-15-7-4-16(5-7)10-8(12)2-6(3-9(10)13)14-11(17)18/h2-4,14-15H,5H2,1H3,(H,17,18). The van der Waals surface area contributed by atoms with Crippen LogP contribution in [-0.2, 0) is 4.84 Å². The maximum Gasteiger partial charge on any atom is 0.409 e. The van der Waals surface area contributed by atoms with E-state index in [9.17, 15) is 13.6 Å². The molecule has 0 aliphatic carbocycles. The summed E-state index contributed by atoms with van der Waals surface area (Å²) in [7, 11) is 1.43. The van der Waals surface area contributed by atoms with Gasteiger partial charge in [0.25, 0.3) is 0 Å². The molecule has 1 aliphatic heterocycles. The van der Waals surface area contributed by atoms with Gasteiger partial charge in [0.1, 0.15) is 5.69 Å². The van der Waals surface area contributed by atoms with Crippen molar-refractivity contribution >= 4 is 17.5 Å². The number of carboxylic acid groups (broad SMARTS) is 1. The molecule has 0 saturated carbocycles. The number of hydrogen-bond acceptors (Lipinski definition) is 4. The molecule has 1 aliphatic rings. The molecule has 2 rings (SSSR count). The second-order valence-corrected chi connectivity index (χ2v) is 3.81. The lowest BCUT2D eigenvalue weighted by Crippen LogP contribution is -2.37. The molecule has 8 heteroatoms. The first-order valence-electron chi connectivity index (χ1n) is 5.26. The minimum atomic E-state index is -1.39. The van der Waals surface area contributed by atoms with Gasteiger partial charge < -0.3 is 10.0 Å². The topological polar surface area (TPSA) is 73.8 Å². The number of amides is 1. The molecule has 102 valence electrons. The zero-order chi connectivity index (χ0) is 14.0. The van der Waals surface area contributed by atoms with Gasteiger partial charge in [0.15, 0.2) is 11.6 Å². The highest BCUT2D eigenvalue weighted by Gasteiger charge is 2.24. The Morgan fingerprint density at radius 3 is 2.47 bits per heavy atom. The molecule has 0 fully saturated rings. The summed E-state index contributed by atoms with van der Waals surface area (Å²) in [4.78, 5) is 16.4. The average Bonchev–Trinajstić information content (AvgIpc) is 2.23. The van der Waals surface area contributed by atoms with Gasteiger partial charge in [-0.25, -0.2) is 13.6 Å². The highest BCUT2D eigenvalue weighted by Crippen LogP contribution is 2.30. The van der Waals surface area contributed by atoms with Crippen molar-refractivity contribution in [1.29, 1.82) is 0 Å². The molecule has 0 spiro atoms. The fourth-order valence-corrected chi connectivity index (χ4v) is 1.71. The Balaban J connectivity index is 2.21. The number of halogens is 2. The Morgan fingerprint density at radius 1 is 1.42 bits per heavy atom. The van der Waals surface area contributed by atoms with E-state index in [1.807, 2.05) is 5.32 Å². The van der Waals surface area contributed by atoms with Crippen molar-refractivity contribution in [3.8, 4) is 0 Å². The molecule has 0 radical (unpaired) electrons. The Morgan fingerprint density at radius 2 is 2.00 bits per heavy atom. The largest absolute Gasteiger partial charge is 0.465 e. The van der Waals surface area contributed by atoms with E-state index < -0.39 is 17.7 Å². The number of benzene rings is 1. The highest BCUT2D eigenvalue weighted by atomic mass is 19.1. The van der Waals surface area contributed by atoms with Crippen molar-refractivity contribution in [2.45, 2.75) is 0 Å². The highest BCUT2D eigenvalue weighted by molar-refractivity contribution is 5.83. The van der Waals surface area contributed by atoms with E-state index in [4.69, 9.17) is 5.11 Å². The zero-order valence-corrected chi connectivity index (χ0v) is 9.91. The third kappa shape index (κ3) is 2.74. The third-order valence-electron chi connectivity index (χ3n) is 2.44. The van der Waals surface area contributed by atoms with Crippen LogP contribution in [0.5, 0.6) is 0 Å². The molecule has 0 bridgehead atoms. The van der Waals surface area contributed by atoms with Crippen LogP contribution in [-0.4, -0.2) is 24.9 Å². The van der Waals surface area contributed by atoms with Gasteiger partial charge in [-0.15, -0.1) is 0 Å². The minimum Gasteiger partial charge on any atom is -0.465 e. The van der Waals surface area contributed by atoms with Crippen molar-refractivity contribution in [3.63, 3.8) is 0 Å². The van der Waals surface area contributed by atoms with Gasteiger partial charge >= 0.3 is 6.09 Å². The van der Waals surface area contributed by atoms with Crippen molar-refractivity contribution in [3.05, 3.63) is 35.7 Å². The van der Waals surface area contributed by atoms with Crippen LogP contribution < -0.4 is 15.7 Å². The van der Waals surface area contributed by atoms with Crippen LogP contribution in [0.1, 0.15) is 0 Å². The van der Waals surface area contributed by atoms with Gasteiger partial charge in [-0.2, -0.15) is 0 Å². The van der Waals surface area contributed by atoms with Gasteiger partial charge in [0.2, 0.25) is 0 Å². The fraction of sp³-hybridized carbons (Fsp3) is 0.182. The van der Waals surface area contributed by atoms with Crippen molar-refractivity contribution in [2.24, 2.45) is 0 Å². The van der Waals surface area contributed by atoms with Gasteiger partial charge in [0.05, 0.1) is 19.4 Å². The molecule has 0 saturated heterocycles. The van der Waals surface area contributed by atoms with Crippen LogP contribution in [0.3, 0.4) is 0 Å². The molecule has 0 atom stereocenters. The van der Waals surface area contributed by atoms with Crippen molar-refractivity contribution < 1.29 is 23.5 Å². The third-order valence-corrected chi connectivity index (χ3v) is 2.44. The van der Waals surface area contributed by atoms with Crippen LogP contribution in [0.15, 0.2) is 24.0 Å². The molecular formula is C11H11F2N3O3. The fourth-order valence-electron chi connectivity index (χ4n) is 1.71. The predicted octanol–water partition coefficient (Wildman–Crippen LogP) is 1.87. The zero-order valence-electron chi connectivity index (χ0n) is 9.91. The second-order valence-electron chi connectivity index (χ2n) is 3.81. The van der Waals surface area contributed by atoms with Crippen LogP contribution in [0, 0.1) is 11.6 Å². The second kappa shape index (κ2) is 5.11. The first kappa shape index (κ1) is 13.1. The van der Waals surface area contributed by atoms with E-state index in [1.165, 1.54) is 18.2 Å². The smallest absolute Gasteiger partial charge is 0.409 e. The Bertz CT molecular complexity index is 525. The van der Waals surface area contributed by atoms with Gasteiger partial charge in [0, 0.05) is 11.9 Å². The molecule has 0 aromatic heterocycles.